The number of fused-ring (bicyclic) bond motifs is 1. The second kappa shape index (κ2) is 11.4. The van der Waals surface area contributed by atoms with Crippen LogP contribution in [-0.2, 0) is 20.7 Å². The van der Waals surface area contributed by atoms with Crippen LogP contribution >= 0.6 is 0 Å². The van der Waals surface area contributed by atoms with E-state index in [2.05, 4.69) is 29.6 Å². The first-order valence-electron chi connectivity index (χ1n) is 12.4. The van der Waals surface area contributed by atoms with E-state index in [1.54, 1.807) is 10.8 Å². The number of carbonyl (C=O) groups excluding carboxylic acids is 2. The summed E-state index contributed by atoms with van der Waals surface area (Å²) < 4.78 is 6.72. The zero-order valence-electron chi connectivity index (χ0n) is 21.0. The SMILES string of the molecule is COC(=O)[C@H](Cc1ccccc1)NC(=O)/C=C\c1cn(-c2ccccc2)nc1-c1ccc2ccccc2c1. The average molecular weight is 502 g/mol. The van der Waals surface area contributed by atoms with Crippen LogP contribution in [0.4, 0.5) is 0 Å². The van der Waals surface area contributed by atoms with Crippen LogP contribution in [0.2, 0.25) is 0 Å². The number of esters is 1. The number of ether oxygens (including phenoxy) is 1. The molecular weight excluding hydrogens is 474 g/mol. The Bertz CT molecular complexity index is 1590. The Kier molecular flexibility index (Phi) is 7.41. The van der Waals surface area contributed by atoms with Gasteiger partial charge in [-0.2, -0.15) is 5.10 Å². The van der Waals surface area contributed by atoms with E-state index in [9.17, 15) is 9.59 Å². The fraction of sp³-hybridized carbons (Fsp3) is 0.0938. The molecule has 0 aliphatic rings. The molecule has 1 atom stereocenters. The van der Waals surface area contributed by atoms with E-state index in [0.29, 0.717) is 6.42 Å². The number of nitrogens with zero attached hydrogens (tertiary/aromatic N) is 2. The highest BCUT2D eigenvalue weighted by Gasteiger charge is 2.21. The van der Waals surface area contributed by atoms with Gasteiger partial charge < -0.3 is 10.1 Å². The molecule has 0 saturated carbocycles. The minimum Gasteiger partial charge on any atom is -0.467 e. The smallest absolute Gasteiger partial charge is 0.328 e. The van der Waals surface area contributed by atoms with E-state index >= 15 is 0 Å². The van der Waals surface area contributed by atoms with E-state index in [0.717, 1.165) is 38.8 Å². The first-order valence-corrected chi connectivity index (χ1v) is 12.4. The highest BCUT2D eigenvalue weighted by Crippen LogP contribution is 2.28. The number of methoxy groups -OCH3 is 1. The van der Waals surface area contributed by atoms with Crippen LogP contribution < -0.4 is 5.32 Å². The fourth-order valence-corrected chi connectivity index (χ4v) is 4.35. The summed E-state index contributed by atoms with van der Waals surface area (Å²) in [5, 5.41) is 9.88. The summed E-state index contributed by atoms with van der Waals surface area (Å²) in [5.41, 5.74) is 4.30. The van der Waals surface area contributed by atoms with Crippen molar-refractivity contribution < 1.29 is 14.3 Å². The van der Waals surface area contributed by atoms with Crippen molar-refractivity contribution in [1.82, 2.24) is 15.1 Å². The normalized spacial score (nSPS) is 11.9. The molecule has 0 spiro atoms. The zero-order chi connectivity index (χ0) is 26.3. The number of hydrogen-bond donors (Lipinski definition) is 1. The van der Waals surface area contributed by atoms with Crippen molar-refractivity contribution in [3.8, 4) is 16.9 Å². The van der Waals surface area contributed by atoms with Gasteiger partial charge in [-0.05, 0) is 40.6 Å². The molecule has 0 aliphatic carbocycles. The van der Waals surface area contributed by atoms with Crippen molar-refractivity contribution in [3.05, 3.63) is 127 Å². The monoisotopic (exact) mass is 501 g/mol. The molecule has 5 rings (SSSR count). The Labute approximate surface area is 221 Å². The first-order chi connectivity index (χ1) is 18.6. The maximum absolute atomic E-state index is 12.9. The molecular formula is C32H27N3O3. The molecule has 5 aromatic rings. The highest BCUT2D eigenvalue weighted by atomic mass is 16.5. The van der Waals surface area contributed by atoms with Crippen molar-refractivity contribution in [2.45, 2.75) is 12.5 Å². The molecule has 6 heteroatoms. The van der Waals surface area contributed by atoms with E-state index in [1.165, 1.54) is 13.2 Å². The largest absolute Gasteiger partial charge is 0.467 e. The topological polar surface area (TPSA) is 73.2 Å². The fourth-order valence-electron chi connectivity index (χ4n) is 4.35. The van der Waals surface area contributed by atoms with Crippen molar-refractivity contribution in [1.29, 1.82) is 0 Å². The van der Waals surface area contributed by atoms with E-state index in [-0.39, 0.29) is 0 Å². The van der Waals surface area contributed by atoms with Gasteiger partial charge in [0, 0.05) is 29.8 Å². The molecule has 0 aliphatic heterocycles. The predicted octanol–water partition coefficient (Wildman–Crippen LogP) is 5.61. The van der Waals surface area contributed by atoms with Crippen LogP contribution in [0.5, 0.6) is 0 Å². The third kappa shape index (κ3) is 5.71. The van der Waals surface area contributed by atoms with Crippen molar-refractivity contribution in [2.75, 3.05) is 7.11 Å². The summed E-state index contributed by atoms with van der Waals surface area (Å²) in [4.78, 5) is 25.3. The van der Waals surface area contributed by atoms with Crippen molar-refractivity contribution >= 4 is 28.7 Å². The minimum absolute atomic E-state index is 0.335. The van der Waals surface area contributed by atoms with E-state index in [1.807, 2.05) is 85.1 Å². The molecule has 0 unspecified atom stereocenters. The van der Waals surface area contributed by atoms with Gasteiger partial charge in [0.2, 0.25) is 5.91 Å². The molecule has 0 saturated heterocycles. The Morgan fingerprint density at radius 2 is 1.58 bits per heavy atom. The third-order valence-corrected chi connectivity index (χ3v) is 6.29. The number of carbonyl (C=O) groups is 2. The quantitative estimate of drug-likeness (QED) is 0.222. The van der Waals surface area contributed by atoms with Gasteiger partial charge in [-0.3, -0.25) is 4.79 Å². The molecule has 6 nitrogen and oxygen atoms in total. The molecule has 0 bridgehead atoms. The number of rotatable bonds is 8. The number of aromatic nitrogens is 2. The molecule has 1 amide bonds. The Morgan fingerprint density at radius 1 is 0.895 bits per heavy atom. The van der Waals surface area contributed by atoms with Gasteiger partial charge in [-0.1, -0.05) is 84.9 Å². The van der Waals surface area contributed by atoms with Crippen LogP contribution in [0.25, 0.3) is 33.8 Å². The molecule has 188 valence electrons. The van der Waals surface area contributed by atoms with Gasteiger partial charge in [-0.15, -0.1) is 0 Å². The Balaban J connectivity index is 1.44. The number of hydrogen-bond acceptors (Lipinski definition) is 4. The number of nitrogens with one attached hydrogen (secondary N) is 1. The van der Waals surface area contributed by atoms with Crippen molar-refractivity contribution in [2.24, 2.45) is 0 Å². The predicted molar refractivity (Wildman–Crippen MR) is 150 cm³/mol. The number of amides is 1. The second-order valence-electron chi connectivity index (χ2n) is 8.88. The molecule has 1 N–H and O–H groups in total. The molecule has 0 radical (unpaired) electrons. The molecule has 4 aromatic carbocycles. The lowest BCUT2D eigenvalue weighted by molar-refractivity contribution is -0.144. The highest BCUT2D eigenvalue weighted by molar-refractivity contribution is 5.96. The Hall–Kier alpha value is -4.97. The summed E-state index contributed by atoms with van der Waals surface area (Å²) >= 11 is 0. The van der Waals surface area contributed by atoms with Gasteiger partial charge >= 0.3 is 5.97 Å². The van der Waals surface area contributed by atoms with Crippen molar-refractivity contribution in [3.63, 3.8) is 0 Å². The van der Waals surface area contributed by atoms with Gasteiger partial charge in [0.05, 0.1) is 18.5 Å². The number of benzene rings is 4. The maximum atomic E-state index is 12.9. The standard InChI is InChI=1S/C32H27N3O3/c1-38-32(37)29(20-23-10-4-2-5-11-23)33-30(36)19-18-27-22-35(28-14-6-3-7-15-28)34-31(27)26-17-16-24-12-8-9-13-25(24)21-26/h2-19,21-22,29H,20H2,1H3,(H,33,36)/b19-18-/t29-/m0/s1. The van der Waals surface area contributed by atoms with Crippen LogP contribution in [0.3, 0.4) is 0 Å². The van der Waals surface area contributed by atoms with Gasteiger partial charge in [0.15, 0.2) is 0 Å². The van der Waals surface area contributed by atoms with Gasteiger partial charge in [-0.25, -0.2) is 9.48 Å². The minimum atomic E-state index is -0.799. The summed E-state index contributed by atoms with van der Waals surface area (Å²) in [5.74, 6) is -0.891. The lowest BCUT2D eigenvalue weighted by Gasteiger charge is -2.15. The first kappa shape index (κ1) is 24.7. The van der Waals surface area contributed by atoms with E-state index in [4.69, 9.17) is 9.84 Å². The Morgan fingerprint density at radius 3 is 2.32 bits per heavy atom. The lowest BCUT2D eigenvalue weighted by Crippen LogP contribution is -2.42. The second-order valence-corrected chi connectivity index (χ2v) is 8.88. The summed E-state index contributed by atoms with van der Waals surface area (Å²) in [6, 6.07) is 32.9. The summed E-state index contributed by atoms with van der Waals surface area (Å²) in [6.45, 7) is 0. The summed E-state index contributed by atoms with van der Waals surface area (Å²) in [7, 11) is 1.32. The number of para-hydroxylation sites is 1. The van der Waals surface area contributed by atoms with Crippen LogP contribution in [-0.4, -0.2) is 34.8 Å². The van der Waals surface area contributed by atoms with E-state index < -0.39 is 17.9 Å². The van der Waals surface area contributed by atoms with Gasteiger partial charge in [0.1, 0.15) is 6.04 Å². The summed E-state index contributed by atoms with van der Waals surface area (Å²) in [6.07, 6.45) is 5.38. The molecule has 0 fully saturated rings. The third-order valence-electron chi connectivity index (χ3n) is 6.29. The van der Waals surface area contributed by atoms with Crippen LogP contribution in [0.15, 0.2) is 115 Å². The molecule has 38 heavy (non-hydrogen) atoms. The average Bonchev–Trinajstić information content (AvgIpc) is 3.40. The lowest BCUT2D eigenvalue weighted by atomic mass is 10.0. The molecule has 1 heterocycles. The van der Waals surface area contributed by atoms with Crippen LogP contribution in [0.1, 0.15) is 11.1 Å². The molecule has 1 aromatic heterocycles. The maximum Gasteiger partial charge on any atom is 0.328 e. The van der Waals surface area contributed by atoms with Gasteiger partial charge in [0.25, 0.3) is 0 Å². The zero-order valence-corrected chi connectivity index (χ0v) is 21.0. The van der Waals surface area contributed by atoms with Crippen LogP contribution in [0, 0.1) is 0 Å².